The Hall–Kier alpha value is -0.710. The van der Waals surface area contributed by atoms with E-state index in [1.165, 1.54) is 0 Å². The van der Waals surface area contributed by atoms with E-state index in [4.69, 9.17) is 0 Å². The van der Waals surface area contributed by atoms with Gasteiger partial charge in [0.1, 0.15) is 12.1 Å². The fraction of sp³-hybridized carbons (Fsp3) is 0.875. The van der Waals surface area contributed by atoms with Crippen LogP contribution in [-0.2, 0) is 9.59 Å². The zero-order valence-electron chi connectivity index (χ0n) is 14.2. The molecule has 1 aliphatic heterocycles. The molecule has 0 aromatic rings. The minimum Gasteiger partial charge on any atom is -0.342 e. The molecule has 0 saturated carbocycles. The number of amides is 2. The summed E-state index contributed by atoms with van der Waals surface area (Å²) in [7, 11) is 0. The van der Waals surface area contributed by atoms with Crippen molar-refractivity contribution in [2.45, 2.75) is 65.6 Å². The van der Waals surface area contributed by atoms with Crippen molar-refractivity contribution in [2.24, 2.45) is 11.8 Å². The molecule has 122 valence electrons. The van der Waals surface area contributed by atoms with Crippen LogP contribution in [0.1, 0.15) is 47.5 Å². The number of hydrogen-bond donors (Lipinski definition) is 1. The van der Waals surface area contributed by atoms with Crippen molar-refractivity contribution in [1.82, 2.24) is 10.2 Å². The Kier molecular flexibility index (Phi) is 7.04. The van der Waals surface area contributed by atoms with Crippen LogP contribution in [0.15, 0.2) is 0 Å². The lowest BCUT2D eigenvalue weighted by Gasteiger charge is -2.44. The highest BCUT2D eigenvalue weighted by Crippen LogP contribution is 2.24. The van der Waals surface area contributed by atoms with Gasteiger partial charge in [0, 0.05) is 6.04 Å². The van der Waals surface area contributed by atoms with Crippen LogP contribution in [0.25, 0.3) is 0 Å². The van der Waals surface area contributed by atoms with Crippen LogP contribution in [0.2, 0.25) is 0 Å². The summed E-state index contributed by atoms with van der Waals surface area (Å²) in [5, 5.41) is 2.93. The number of thioether (sulfide) groups is 1. The lowest BCUT2D eigenvalue weighted by molar-refractivity contribution is -0.154. The van der Waals surface area contributed by atoms with Gasteiger partial charge >= 0.3 is 0 Å². The molecular formula is C16H30N2O2S. The first-order valence-corrected chi connectivity index (χ1v) is 9.30. The van der Waals surface area contributed by atoms with Crippen molar-refractivity contribution in [3.63, 3.8) is 0 Å². The summed E-state index contributed by atoms with van der Waals surface area (Å²) in [6.45, 7) is 10.2. The van der Waals surface area contributed by atoms with Gasteiger partial charge in [0.15, 0.2) is 0 Å². The van der Waals surface area contributed by atoms with E-state index < -0.39 is 0 Å². The molecule has 4 nitrogen and oxygen atoms in total. The van der Waals surface area contributed by atoms with E-state index in [1.54, 1.807) is 11.8 Å². The summed E-state index contributed by atoms with van der Waals surface area (Å²) in [6, 6.07) is -0.583. The molecule has 0 spiro atoms. The van der Waals surface area contributed by atoms with Crippen LogP contribution in [0.5, 0.6) is 0 Å². The van der Waals surface area contributed by atoms with Crippen molar-refractivity contribution in [2.75, 3.05) is 12.0 Å². The molecule has 2 amide bonds. The van der Waals surface area contributed by atoms with Crippen LogP contribution in [0, 0.1) is 11.8 Å². The molecule has 0 aromatic carbocycles. The van der Waals surface area contributed by atoms with E-state index in [2.05, 4.69) is 32.3 Å². The third-order valence-corrected chi connectivity index (χ3v) is 4.63. The monoisotopic (exact) mass is 314 g/mol. The third-order valence-electron chi connectivity index (χ3n) is 3.99. The molecule has 1 saturated heterocycles. The molecule has 1 N–H and O–H groups in total. The molecule has 1 heterocycles. The zero-order valence-corrected chi connectivity index (χ0v) is 15.0. The minimum absolute atomic E-state index is 0.00579. The standard InChI is InChI=1S/C16H30N2O2S/c1-10(2)9-13-16(20)18(12(5)7-8-21-6)14(11(3)4)15(19)17-13/h10-14H,7-9H2,1-6H3,(H,17,19). The highest BCUT2D eigenvalue weighted by Gasteiger charge is 2.43. The average Bonchev–Trinajstić information content (AvgIpc) is 2.38. The van der Waals surface area contributed by atoms with E-state index in [9.17, 15) is 9.59 Å². The van der Waals surface area contributed by atoms with Gasteiger partial charge in [-0.25, -0.2) is 0 Å². The molecular weight excluding hydrogens is 284 g/mol. The molecule has 1 fully saturated rings. The maximum atomic E-state index is 12.8. The van der Waals surface area contributed by atoms with E-state index in [0.717, 1.165) is 12.2 Å². The number of nitrogens with one attached hydrogen (secondary N) is 1. The van der Waals surface area contributed by atoms with E-state index in [1.807, 2.05) is 18.7 Å². The predicted octanol–water partition coefficient (Wildman–Crippen LogP) is 2.53. The summed E-state index contributed by atoms with van der Waals surface area (Å²) in [5.74, 6) is 1.62. The number of carbonyl (C=O) groups is 2. The average molecular weight is 314 g/mol. The highest BCUT2D eigenvalue weighted by molar-refractivity contribution is 7.98. The van der Waals surface area contributed by atoms with Crippen LogP contribution in [-0.4, -0.2) is 46.8 Å². The molecule has 3 unspecified atom stereocenters. The molecule has 0 aliphatic carbocycles. The van der Waals surface area contributed by atoms with Gasteiger partial charge in [-0.3, -0.25) is 9.59 Å². The number of piperazine rings is 1. The molecule has 21 heavy (non-hydrogen) atoms. The summed E-state index contributed by atoms with van der Waals surface area (Å²) >= 11 is 1.78. The smallest absolute Gasteiger partial charge is 0.246 e. The number of nitrogens with zero attached hydrogens (tertiary/aromatic N) is 1. The van der Waals surface area contributed by atoms with Crippen LogP contribution < -0.4 is 5.32 Å². The second-order valence-corrected chi connectivity index (χ2v) is 7.74. The molecule has 0 bridgehead atoms. The van der Waals surface area contributed by atoms with Gasteiger partial charge in [0.05, 0.1) is 0 Å². The molecule has 0 aromatic heterocycles. The summed E-state index contributed by atoms with van der Waals surface area (Å²) in [4.78, 5) is 27.1. The van der Waals surface area contributed by atoms with E-state index in [0.29, 0.717) is 12.3 Å². The normalized spacial score (nSPS) is 24.7. The summed E-state index contributed by atoms with van der Waals surface area (Å²) in [5.41, 5.74) is 0. The first kappa shape index (κ1) is 18.3. The Morgan fingerprint density at radius 1 is 1.19 bits per heavy atom. The fourth-order valence-electron chi connectivity index (χ4n) is 2.94. The first-order chi connectivity index (χ1) is 9.79. The Balaban J connectivity index is 2.97. The second-order valence-electron chi connectivity index (χ2n) is 6.76. The topological polar surface area (TPSA) is 49.4 Å². The maximum absolute atomic E-state index is 12.8. The largest absolute Gasteiger partial charge is 0.342 e. The van der Waals surface area contributed by atoms with Crippen molar-refractivity contribution in [3.8, 4) is 0 Å². The minimum atomic E-state index is -0.357. The van der Waals surface area contributed by atoms with Crippen LogP contribution in [0.3, 0.4) is 0 Å². The SMILES string of the molecule is CSCCC(C)N1C(=O)C(CC(C)C)NC(=O)C1C(C)C. The number of carbonyl (C=O) groups excluding carboxylic acids is 2. The number of hydrogen-bond acceptors (Lipinski definition) is 3. The Morgan fingerprint density at radius 2 is 1.81 bits per heavy atom. The first-order valence-electron chi connectivity index (χ1n) is 7.91. The third kappa shape index (κ3) is 4.63. The molecule has 1 aliphatic rings. The van der Waals surface area contributed by atoms with Crippen LogP contribution >= 0.6 is 11.8 Å². The van der Waals surface area contributed by atoms with Crippen molar-refractivity contribution >= 4 is 23.6 Å². The highest BCUT2D eigenvalue weighted by atomic mass is 32.2. The Bertz CT molecular complexity index is 371. The quantitative estimate of drug-likeness (QED) is 0.785. The van der Waals surface area contributed by atoms with Gasteiger partial charge < -0.3 is 10.2 Å². The Labute approximate surface area is 133 Å². The summed E-state index contributed by atoms with van der Waals surface area (Å²) < 4.78 is 0. The lowest BCUT2D eigenvalue weighted by atomic mass is 9.92. The van der Waals surface area contributed by atoms with Gasteiger partial charge in [-0.15, -0.1) is 0 Å². The van der Waals surface area contributed by atoms with Crippen molar-refractivity contribution in [1.29, 1.82) is 0 Å². The zero-order chi connectivity index (χ0) is 16.2. The second kappa shape index (κ2) is 8.06. The molecule has 0 radical (unpaired) electrons. The fourth-order valence-corrected chi connectivity index (χ4v) is 3.51. The van der Waals surface area contributed by atoms with E-state index in [-0.39, 0.29) is 35.9 Å². The van der Waals surface area contributed by atoms with Crippen molar-refractivity contribution in [3.05, 3.63) is 0 Å². The lowest BCUT2D eigenvalue weighted by Crippen LogP contribution is -2.67. The van der Waals surface area contributed by atoms with E-state index >= 15 is 0 Å². The van der Waals surface area contributed by atoms with Gasteiger partial charge in [-0.1, -0.05) is 27.7 Å². The van der Waals surface area contributed by atoms with Gasteiger partial charge in [0.25, 0.3) is 0 Å². The Morgan fingerprint density at radius 3 is 2.29 bits per heavy atom. The number of rotatable bonds is 7. The van der Waals surface area contributed by atoms with Gasteiger partial charge in [-0.2, -0.15) is 11.8 Å². The molecule has 5 heteroatoms. The van der Waals surface area contributed by atoms with Gasteiger partial charge in [-0.05, 0) is 43.6 Å². The summed E-state index contributed by atoms with van der Waals surface area (Å²) in [6.07, 6.45) is 3.71. The molecule has 1 rings (SSSR count). The predicted molar refractivity (Wildman–Crippen MR) is 89.3 cm³/mol. The van der Waals surface area contributed by atoms with Gasteiger partial charge in [0.2, 0.25) is 11.8 Å². The van der Waals surface area contributed by atoms with Crippen LogP contribution in [0.4, 0.5) is 0 Å². The van der Waals surface area contributed by atoms with Crippen molar-refractivity contribution < 1.29 is 9.59 Å². The molecule has 3 atom stereocenters. The maximum Gasteiger partial charge on any atom is 0.246 e.